The van der Waals surface area contributed by atoms with Gasteiger partial charge >= 0.3 is 5.97 Å². The van der Waals surface area contributed by atoms with E-state index in [1.807, 2.05) is 18.2 Å². The van der Waals surface area contributed by atoms with Gasteiger partial charge in [0.1, 0.15) is 18.0 Å². The molecule has 0 spiro atoms. The molecule has 0 saturated heterocycles. The lowest BCUT2D eigenvalue weighted by Crippen LogP contribution is -2.26. The van der Waals surface area contributed by atoms with Gasteiger partial charge < -0.3 is 9.47 Å². The van der Waals surface area contributed by atoms with Crippen LogP contribution < -0.4 is 10.3 Å². The lowest BCUT2D eigenvalue weighted by atomic mass is 10.3. The van der Waals surface area contributed by atoms with Crippen LogP contribution >= 0.6 is 15.9 Å². The quantitative estimate of drug-likeness (QED) is 0.613. The summed E-state index contributed by atoms with van der Waals surface area (Å²) in [6.07, 6.45) is 0.871. The van der Waals surface area contributed by atoms with E-state index in [-0.39, 0.29) is 12.2 Å². The maximum atomic E-state index is 12.1. The van der Waals surface area contributed by atoms with E-state index in [4.69, 9.17) is 9.47 Å². The van der Waals surface area contributed by atoms with Gasteiger partial charge in [-0.25, -0.2) is 9.78 Å². The number of carbonyl (C=O) groups excluding carboxylic acids is 1. The second-order valence-electron chi connectivity index (χ2n) is 5.34. The summed E-state index contributed by atoms with van der Waals surface area (Å²) in [5.41, 5.74) is 0.619. The van der Waals surface area contributed by atoms with Crippen LogP contribution in [0.2, 0.25) is 0 Å². The van der Waals surface area contributed by atoms with E-state index in [2.05, 4.69) is 20.9 Å². The number of para-hydroxylation sites is 1. The van der Waals surface area contributed by atoms with E-state index in [0.717, 1.165) is 4.47 Å². The van der Waals surface area contributed by atoms with E-state index in [1.54, 1.807) is 37.4 Å². The van der Waals surface area contributed by atoms with Crippen molar-refractivity contribution in [3.8, 4) is 5.75 Å². The summed E-state index contributed by atoms with van der Waals surface area (Å²) in [5.74, 6) is 0.0567. The summed E-state index contributed by atoms with van der Waals surface area (Å²) in [4.78, 5) is 28.5. The van der Waals surface area contributed by atoms with Gasteiger partial charge in [0.05, 0.1) is 5.69 Å². The third kappa shape index (κ3) is 4.24. The molecule has 0 aliphatic heterocycles. The fraction of sp³-hybridized carbons (Fsp3) is 0.167. The van der Waals surface area contributed by atoms with Gasteiger partial charge in [-0.1, -0.05) is 18.2 Å². The highest BCUT2D eigenvalue weighted by atomic mass is 79.9. The molecule has 0 fully saturated rings. The normalized spacial score (nSPS) is 11.9. The topological polar surface area (TPSA) is 69.9 Å². The Morgan fingerprint density at radius 1 is 1.24 bits per heavy atom. The Hall–Kier alpha value is -2.67. The molecule has 0 aliphatic carbocycles. The van der Waals surface area contributed by atoms with Crippen LogP contribution in [-0.2, 0) is 16.1 Å². The second-order valence-corrected chi connectivity index (χ2v) is 6.26. The Morgan fingerprint density at radius 3 is 2.76 bits per heavy atom. The molecule has 0 unspecified atom stereocenters. The van der Waals surface area contributed by atoms with Crippen molar-refractivity contribution in [1.82, 2.24) is 9.38 Å². The predicted octanol–water partition coefficient (Wildman–Crippen LogP) is 2.97. The molecule has 0 bridgehead atoms. The largest absolute Gasteiger partial charge is 0.479 e. The minimum absolute atomic E-state index is 0.0941. The number of fused-ring (bicyclic) bond motifs is 1. The highest BCUT2D eigenvalue weighted by Gasteiger charge is 2.17. The van der Waals surface area contributed by atoms with Crippen LogP contribution in [0.5, 0.6) is 5.75 Å². The summed E-state index contributed by atoms with van der Waals surface area (Å²) in [7, 11) is 0. The zero-order valence-electron chi connectivity index (χ0n) is 13.4. The summed E-state index contributed by atoms with van der Waals surface area (Å²) < 4.78 is 12.9. The van der Waals surface area contributed by atoms with Crippen molar-refractivity contribution in [3.63, 3.8) is 0 Å². The van der Waals surface area contributed by atoms with E-state index >= 15 is 0 Å². The molecular formula is C18H15BrN2O4. The van der Waals surface area contributed by atoms with Crippen molar-refractivity contribution in [1.29, 1.82) is 0 Å². The molecule has 0 amide bonds. The molecule has 0 aliphatic rings. The molecule has 128 valence electrons. The average molecular weight is 403 g/mol. The van der Waals surface area contributed by atoms with Gasteiger partial charge in [-0.3, -0.25) is 9.20 Å². The number of pyridine rings is 1. The number of aromatic nitrogens is 2. The highest BCUT2D eigenvalue weighted by Crippen LogP contribution is 2.12. The number of halogens is 1. The SMILES string of the molecule is C[C@H](Oc1ccccc1)C(=O)OCc1cc(=O)n2cc(Br)ccc2n1. The summed E-state index contributed by atoms with van der Waals surface area (Å²) >= 11 is 3.31. The van der Waals surface area contributed by atoms with Gasteiger partial charge in [0.25, 0.3) is 5.56 Å². The van der Waals surface area contributed by atoms with Crippen LogP contribution in [0, 0.1) is 0 Å². The van der Waals surface area contributed by atoms with Crippen LogP contribution in [0.3, 0.4) is 0 Å². The van der Waals surface area contributed by atoms with E-state index in [0.29, 0.717) is 17.1 Å². The molecule has 7 heteroatoms. The molecule has 3 aromatic rings. The first-order chi connectivity index (χ1) is 12.0. The van der Waals surface area contributed by atoms with Crippen LogP contribution in [0.4, 0.5) is 0 Å². The van der Waals surface area contributed by atoms with Crippen molar-refractivity contribution in [2.45, 2.75) is 19.6 Å². The third-order valence-electron chi connectivity index (χ3n) is 3.43. The van der Waals surface area contributed by atoms with Crippen molar-refractivity contribution in [2.75, 3.05) is 0 Å². The monoisotopic (exact) mass is 402 g/mol. The Labute approximate surface area is 152 Å². The molecule has 2 aromatic heterocycles. The first-order valence-corrected chi connectivity index (χ1v) is 8.38. The molecule has 0 N–H and O–H groups in total. The first kappa shape index (κ1) is 17.2. The maximum Gasteiger partial charge on any atom is 0.347 e. The van der Waals surface area contributed by atoms with Gasteiger partial charge in [-0.15, -0.1) is 0 Å². The van der Waals surface area contributed by atoms with Crippen LogP contribution in [0.25, 0.3) is 5.65 Å². The number of rotatable bonds is 5. The molecule has 3 rings (SSSR count). The minimum atomic E-state index is -0.764. The van der Waals surface area contributed by atoms with Gasteiger partial charge in [0.15, 0.2) is 6.10 Å². The summed E-state index contributed by atoms with van der Waals surface area (Å²) in [5, 5.41) is 0. The number of benzene rings is 1. The van der Waals surface area contributed by atoms with Crippen molar-refractivity contribution < 1.29 is 14.3 Å². The number of nitrogens with zero attached hydrogens (tertiary/aromatic N) is 2. The highest BCUT2D eigenvalue weighted by molar-refractivity contribution is 9.10. The lowest BCUT2D eigenvalue weighted by Gasteiger charge is -2.13. The zero-order chi connectivity index (χ0) is 17.8. The summed E-state index contributed by atoms with van der Waals surface area (Å²) in [6.45, 7) is 1.51. The number of carbonyl (C=O) groups is 1. The number of hydrogen-bond acceptors (Lipinski definition) is 5. The lowest BCUT2D eigenvalue weighted by molar-refractivity contribution is -0.152. The molecule has 0 saturated carbocycles. The minimum Gasteiger partial charge on any atom is -0.479 e. The van der Waals surface area contributed by atoms with Gasteiger partial charge in [-0.05, 0) is 47.1 Å². The zero-order valence-corrected chi connectivity index (χ0v) is 15.0. The standard InChI is InChI=1S/C18H15BrN2O4/c1-12(25-15-5-3-2-4-6-15)18(23)24-11-14-9-17(22)21-10-13(19)7-8-16(21)20-14/h2-10,12H,11H2,1H3/t12-/m0/s1. The Morgan fingerprint density at radius 2 is 2.00 bits per heavy atom. The predicted molar refractivity (Wildman–Crippen MR) is 95.5 cm³/mol. The second kappa shape index (κ2) is 7.48. The van der Waals surface area contributed by atoms with Crippen molar-refractivity contribution in [3.05, 3.63) is 75.2 Å². The van der Waals surface area contributed by atoms with Gasteiger partial charge in [0, 0.05) is 16.7 Å². The van der Waals surface area contributed by atoms with E-state index in [9.17, 15) is 9.59 Å². The number of hydrogen-bond donors (Lipinski definition) is 0. The Balaban J connectivity index is 1.66. The van der Waals surface area contributed by atoms with Crippen LogP contribution in [-0.4, -0.2) is 21.5 Å². The Bertz CT molecular complexity index is 956. The van der Waals surface area contributed by atoms with Crippen molar-refractivity contribution >= 4 is 27.5 Å². The van der Waals surface area contributed by atoms with Crippen LogP contribution in [0.1, 0.15) is 12.6 Å². The fourth-order valence-electron chi connectivity index (χ4n) is 2.21. The number of esters is 1. The smallest absolute Gasteiger partial charge is 0.347 e. The molecule has 0 radical (unpaired) electrons. The van der Waals surface area contributed by atoms with Crippen molar-refractivity contribution in [2.24, 2.45) is 0 Å². The Kier molecular flexibility index (Phi) is 5.14. The number of ether oxygens (including phenoxy) is 2. The molecule has 1 atom stereocenters. The molecule has 2 heterocycles. The molecule has 25 heavy (non-hydrogen) atoms. The van der Waals surface area contributed by atoms with E-state index in [1.165, 1.54) is 10.5 Å². The molecular weight excluding hydrogens is 388 g/mol. The van der Waals surface area contributed by atoms with E-state index < -0.39 is 12.1 Å². The van der Waals surface area contributed by atoms with Gasteiger partial charge in [0.2, 0.25) is 0 Å². The molecule has 1 aromatic carbocycles. The summed E-state index contributed by atoms with van der Waals surface area (Å²) in [6, 6.07) is 13.8. The third-order valence-corrected chi connectivity index (χ3v) is 3.90. The fourth-order valence-corrected chi connectivity index (χ4v) is 2.55. The molecule has 6 nitrogen and oxygen atoms in total. The first-order valence-electron chi connectivity index (χ1n) is 7.59. The maximum absolute atomic E-state index is 12.1. The van der Waals surface area contributed by atoms with Gasteiger partial charge in [-0.2, -0.15) is 0 Å². The van der Waals surface area contributed by atoms with Crippen LogP contribution in [0.15, 0.2) is 64.0 Å². The average Bonchev–Trinajstić information content (AvgIpc) is 2.61.